The van der Waals surface area contributed by atoms with Gasteiger partial charge in [-0.2, -0.15) is 15.8 Å². The van der Waals surface area contributed by atoms with E-state index >= 15 is 0 Å². The van der Waals surface area contributed by atoms with Crippen molar-refractivity contribution in [1.82, 2.24) is 29.8 Å². The van der Waals surface area contributed by atoms with E-state index in [-0.39, 0.29) is 86.2 Å². The summed E-state index contributed by atoms with van der Waals surface area (Å²) in [5, 5.41) is 61.6. The number of likely N-dealkylation sites (tertiary alicyclic amines) is 2. The van der Waals surface area contributed by atoms with Gasteiger partial charge in [0.2, 0.25) is 35.4 Å². The average Bonchev–Trinajstić information content (AvgIpc) is 0.850. The quantitative estimate of drug-likeness (QED) is 0.0279. The minimum absolute atomic E-state index is 0.0990. The molecule has 0 spiro atoms. The number of halogens is 6. The molecular formula is C90H90Cl6N12O8. The molecule has 0 radical (unpaired) electrons. The zero-order chi connectivity index (χ0) is 83.0. The van der Waals surface area contributed by atoms with E-state index in [9.17, 15) is 54.8 Å². The lowest BCUT2D eigenvalue weighted by atomic mass is 9.99. The number of hydrogen-bond acceptors (Lipinski definition) is 14. The lowest BCUT2D eigenvalue weighted by Crippen LogP contribution is -2.44. The summed E-state index contributed by atoms with van der Waals surface area (Å²) < 4.78 is 0. The zero-order valence-electron chi connectivity index (χ0n) is 64.4. The lowest BCUT2D eigenvalue weighted by Gasteiger charge is -2.31. The Labute approximate surface area is 707 Å². The molecule has 5 atom stereocenters. The number of carbonyl (C=O) groups excluding carboxylic acids is 6. The molecule has 3 fully saturated rings. The Morgan fingerprint density at radius 1 is 0.414 bits per heavy atom. The van der Waals surface area contributed by atoms with E-state index in [1.54, 1.807) is 82.6 Å². The van der Waals surface area contributed by atoms with Gasteiger partial charge in [0.05, 0.1) is 71.8 Å². The SMILES string of the molecule is CC(c1ccc(-c2cccc(C#N)c2)cc1)N(CC(=O)Nc1cc(Cl)cc(Cl)c1)C(=O)CCN1CC[C@@H](O)C1.CC(c1ccc(-c2cccc(C#N)c2)cc1)N(CC(=O)Nc1cc(Cl)cc(Cl)c1)C(=O)CN1CC[C@H](O)C1.C[C@@H](c1ccc(-c2cccc(C#N)c2)cc1)N(CC(=O)Nc1cc(Cl)cc(Cl)c1)C(=O)CCNC1CCCC1. The molecule has 116 heavy (non-hydrogen) atoms. The number of carbonyl (C=O) groups is 6. The summed E-state index contributed by atoms with van der Waals surface area (Å²) in [5.74, 6) is -1.55. The van der Waals surface area contributed by atoms with Crippen molar-refractivity contribution in [1.29, 1.82) is 15.8 Å². The van der Waals surface area contributed by atoms with Gasteiger partial charge in [-0.05, 0) is 188 Å². The molecule has 600 valence electrons. The van der Waals surface area contributed by atoms with Gasteiger partial charge in [0.1, 0.15) is 19.6 Å². The Kier molecular flexibility index (Phi) is 32.8. The standard InChI is InChI=1S/C31H32Cl2N4O2.C30H30Cl2N4O3.C29H28Cl2N4O3/c1-21(23-9-11-24(12-10-23)25-6-4-5-22(15-25)19-34)37(31(39)13-14-35-28-7-2-3-8-28)20-30(38)36-29-17-26(32)16-27(33)18-29;1-20(22-5-7-23(8-6-22)24-4-2-3-21(13-24)17-33)36(30(39)10-12-35-11-9-28(37)18-35)19-29(38)34-27-15-25(31)14-26(32)16-27;1-19(21-5-7-22(8-6-21)23-4-2-3-20(11-23)15-32)35(29(38)18-34-10-9-27(36)16-34)17-28(37)33-26-13-24(30)12-25(31)14-26/h4-6,9-12,15-18,21,28,35H,2-3,7-8,13-14,20H2,1H3,(H,36,38);2-8,13-16,20,28,37H,9-12,18-19H2,1H3,(H,34,38);2-8,11-14,19,27,36H,9-10,16-18H2,1H3,(H,33,37)/t21-;20?,28-;19?,27-/m010/s1. The Balaban J connectivity index is 0.000000184. The van der Waals surface area contributed by atoms with Crippen LogP contribution in [0.2, 0.25) is 30.1 Å². The maximum absolute atomic E-state index is 13.4. The molecular weight excluding hydrogens is 1590 g/mol. The first-order valence-electron chi connectivity index (χ1n) is 38.3. The second kappa shape index (κ2) is 43.1. The molecule has 9 aromatic carbocycles. The molecule has 3 aliphatic rings. The Morgan fingerprint density at radius 3 is 1.05 bits per heavy atom. The number of nitrogens with zero attached hydrogens (tertiary/aromatic N) is 8. The number of nitriles is 3. The van der Waals surface area contributed by atoms with E-state index in [4.69, 9.17) is 69.6 Å². The molecule has 12 rings (SSSR count). The summed E-state index contributed by atoms with van der Waals surface area (Å²) >= 11 is 36.4. The van der Waals surface area contributed by atoms with Gasteiger partial charge in [-0.1, -0.05) is 192 Å². The number of aliphatic hydroxyl groups is 2. The van der Waals surface area contributed by atoms with E-state index < -0.39 is 12.1 Å². The minimum atomic E-state index is -0.448. The number of hydrogen-bond donors (Lipinski definition) is 6. The van der Waals surface area contributed by atoms with Gasteiger partial charge >= 0.3 is 0 Å². The maximum atomic E-state index is 13.4. The Bertz CT molecular complexity index is 5010. The summed E-state index contributed by atoms with van der Waals surface area (Å²) in [6.07, 6.45) is 5.76. The van der Waals surface area contributed by atoms with Crippen LogP contribution in [0.3, 0.4) is 0 Å². The summed E-state index contributed by atoms with van der Waals surface area (Å²) in [6.45, 7) is 8.81. The van der Waals surface area contributed by atoms with Gasteiger partial charge in [-0.3, -0.25) is 33.7 Å². The predicted molar refractivity (Wildman–Crippen MR) is 459 cm³/mol. The highest BCUT2D eigenvalue weighted by Gasteiger charge is 2.31. The van der Waals surface area contributed by atoms with Crippen LogP contribution in [-0.4, -0.2) is 154 Å². The number of rotatable bonds is 27. The average molecular weight is 1680 g/mol. The molecule has 6 amide bonds. The van der Waals surface area contributed by atoms with Gasteiger partial charge in [0.15, 0.2) is 0 Å². The van der Waals surface area contributed by atoms with Crippen LogP contribution in [0, 0.1) is 34.0 Å². The normalized spacial score (nSPS) is 15.3. The van der Waals surface area contributed by atoms with Crippen LogP contribution >= 0.6 is 69.6 Å². The third-order valence-electron chi connectivity index (χ3n) is 20.5. The zero-order valence-corrected chi connectivity index (χ0v) is 69.0. The van der Waals surface area contributed by atoms with Crippen molar-refractivity contribution >= 4 is 122 Å². The van der Waals surface area contributed by atoms with E-state index in [0.717, 1.165) is 69.5 Å². The first-order chi connectivity index (χ1) is 55.7. The van der Waals surface area contributed by atoms with Crippen molar-refractivity contribution < 1.29 is 39.0 Å². The lowest BCUT2D eigenvalue weighted by molar-refractivity contribution is -0.137. The third kappa shape index (κ3) is 26.4. The van der Waals surface area contributed by atoms with Crippen LogP contribution in [0.15, 0.2) is 200 Å². The van der Waals surface area contributed by atoms with Crippen LogP contribution < -0.4 is 21.3 Å². The highest BCUT2D eigenvalue weighted by molar-refractivity contribution is 6.36. The van der Waals surface area contributed by atoms with Crippen LogP contribution in [0.25, 0.3) is 33.4 Å². The molecule has 2 saturated heterocycles. The monoisotopic (exact) mass is 1680 g/mol. The first-order valence-corrected chi connectivity index (χ1v) is 40.5. The van der Waals surface area contributed by atoms with Crippen LogP contribution in [0.5, 0.6) is 0 Å². The molecule has 1 saturated carbocycles. The molecule has 2 unspecified atom stereocenters. The van der Waals surface area contributed by atoms with Crippen molar-refractivity contribution in [3.63, 3.8) is 0 Å². The number of nitrogens with one attached hydrogen (secondary N) is 4. The highest BCUT2D eigenvalue weighted by Crippen LogP contribution is 2.33. The molecule has 20 nitrogen and oxygen atoms in total. The van der Waals surface area contributed by atoms with Gasteiger partial charge in [0, 0.05) is 105 Å². The molecule has 26 heteroatoms. The van der Waals surface area contributed by atoms with E-state index in [1.807, 2.05) is 153 Å². The summed E-state index contributed by atoms with van der Waals surface area (Å²) in [5.41, 5.74) is 11.4. The Hall–Kier alpha value is -10.2. The predicted octanol–water partition coefficient (Wildman–Crippen LogP) is 17.6. The summed E-state index contributed by atoms with van der Waals surface area (Å²) in [4.78, 5) is 88.0. The third-order valence-corrected chi connectivity index (χ3v) is 21.8. The van der Waals surface area contributed by atoms with E-state index in [0.29, 0.717) is 122 Å². The maximum Gasteiger partial charge on any atom is 0.244 e. The van der Waals surface area contributed by atoms with Crippen molar-refractivity contribution in [3.8, 4) is 51.6 Å². The molecule has 9 aromatic rings. The molecule has 2 aliphatic heterocycles. The van der Waals surface area contributed by atoms with Crippen molar-refractivity contribution in [2.24, 2.45) is 0 Å². The van der Waals surface area contributed by atoms with Crippen LogP contribution in [-0.2, 0) is 28.8 Å². The molecule has 1 aliphatic carbocycles. The van der Waals surface area contributed by atoms with E-state index in [2.05, 4.69) is 44.4 Å². The number of benzene rings is 9. The molecule has 2 heterocycles. The van der Waals surface area contributed by atoms with Gasteiger partial charge in [0.25, 0.3) is 0 Å². The fourth-order valence-electron chi connectivity index (χ4n) is 14.3. The van der Waals surface area contributed by atoms with Crippen molar-refractivity contribution in [2.75, 3.05) is 81.4 Å². The second-order valence-corrected chi connectivity index (χ2v) is 31.6. The smallest absolute Gasteiger partial charge is 0.244 e. The molecule has 0 aromatic heterocycles. The number of anilines is 3. The van der Waals surface area contributed by atoms with Crippen molar-refractivity contribution in [3.05, 3.63) is 264 Å². The minimum Gasteiger partial charge on any atom is -0.392 e. The van der Waals surface area contributed by atoms with Gasteiger partial charge < -0.3 is 51.1 Å². The molecule has 6 N–H and O–H groups in total. The largest absolute Gasteiger partial charge is 0.392 e. The number of β-amino-alcohol motifs (C(OH)–C–C–N with tert-alkyl or cyclic N) is 2. The topological polar surface area (TPSA) is 279 Å². The van der Waals surface area contributed by atoms with Crippen LogP contribution in [0.4, 0.5) is 17.1 Å². The summed E-state index contributed by atoms with van der Waals surface area (Å²) in [7, 11) is 0. The second-order valence-electron chi connectivity index (χ2n) is 29.0. The van der Waals surface area contributed by atoms with Crippen LogP contribution in [0.1, 0.15) is 124 Å². The van der Waals surface area contributed by atoms with Crippen molar-refractivity contribution in [2.45, 2.75) is 109 Å². The molecule has 0 bridgehead atoms. The first kappa shape index (κ1) is 88.2. The number of amides is 6. The number of aliphatic hydroxyl groups excluding tert-OH is 2. The fraction of sp³-hybridized carbons (Fsp3) is 0.300. The van der Waals surface area contributed by atoms with E-state index in [1.165, 1.54) is 17.7 Å². The highest BCUT2D eigenvalue weighted by atomic mass is 35.5. The summed E-state index contributed by atoms with van der Waals surface area (Å²) in [6, 6.07) is 65.7. The fourth-order valence-corrected chi connectivity index (χ4v) is 15.9. The van der Waals surface area contributed by atoms with Gasteiger partial charge in [-0.25, -0.2) is 0 Å². The Morgan fingerprint density at radius 2 is 0.733 bits per heavy atom. The van der Waals surface area contributed by atoms with Gasteiger partial charge in [-0.15, -0.1) is 0 Å².